The zero-order valence-electron chi connectivity index (χ0n) is 10.0. The van der Waals surface area contributed by atoms with Gasteiger partial charge in [-0.25, -0.2) is 0 Å². The first-order valence-electron chi connectivity index (χ1n) is 6.06. The van der Waals surface area contributed by atoms with Crippen molar-refractivity contribution in [2.75, 3.05) is 0 Å². The smallest absolute Gasteiger partial charge is 0.138 e. The Morgan fingerprint density at radius 1 is 1.21 bits per heavy atom. The third-order valence-corrected chi connectivity index (χ3v) is 3.38. The van der Waals surface area contributed by atoms with Gasteiger partial charge in [0.05, 0.1) is 0 Å². The van der Waals surface area contributed by atoms with Crippen LogP contribution in [0.15, 0.2) is 0 Å². The summed E-state index contributed by atoms with van der Waals surface area (Å²) in [5.41, 5.74) is 0. The van der Waals surface area contributed by atoms with Gasteiger partial charge in [0.25, 0.3) is 0 Å². The molecule has 0 spiro atoms. The SMILES string of the molecule is CC(C)C[C@@H](C(=O)C(C)C)C1CCC1. The molecular weight excluding hydrogens is 172 g/mol. The van der Waals surface area contributed by atoms with Crippen molar-refractivity contribution in [1.29, 1.82) is 0 Å². The van der Waals surface area contributed by atoms with Crippen LogP contribution >= 0.6 is 0 Å². The molecule has 0 aromatic heterocycles. The molecule has 0 bridgehead atoms. The standard InChI is InChI=1S/C13H24O/c1-9(2)8-12(11-6-5-7-11)13(14)10(3)4/h9-12H,5-8H2,1-4H3/t12-/m1/s1. The molecule has 0 heterocycles. The van der Waals surface area contributed by atoms with E-state index in [9.17, 15) is 4.79 Å². The number of hydrogen-bond donors (Lipinski definition) is 0. The summed E-state index contributed by atoms with van der Waals surface area (Å²) in [5.74, 6) is 2.46. The maximum absolute atomic E-state index is 12.0. The van der Waals surface area contributed by atoms with Crippen molar-refractivity contribution in [3.05, 3.63) is 0 Å². The van der Waals surface area contributed by atoms with Gasteiger partial charge in [-0.2, -0.15) is 0 Å². The molecule has 0 radical (unpaired) electrons. The van der Waals surface area contributed by atoms with Gasteiger partial charge in [-0.3, -0.25) is 4.79 Å². The van der Waals surface area contributed by atoms with E-state index in [4.69, 9.17) is 0 Å². The average molecular weight is 196 g/mol. The lowest BCUT2D eigenvalue weighted by atomic mass is 9.69. The minimum Gasteiger partial charge on any atom is -0.299 e. The fourth-order valence-electron chi connectivity index (χ4n) is 2.32. The summed E-state index contributed by atoms with van der Waals surface area (Å²) in [6.45, 7) is 8.52. The number of hydrogen-bond acceptors (Lipinski definition) is 1. The molecule has 0 N–H and O–H groups in total. The summed E-state index contributed by atoms with van der Waals surface area (Å²) in [6, 6.07) is 0. The monoisotopic (exact) mass is 196 g/mol. The van der Waals surface area contributed by atoms with Crippen LogP contribution in [0.1, 0.15) is 53.4 Å². The zero-order valence-corrected chi connectivity index (χ0v) is 10.0. The van der Waals surface area contributed by atoms with Gasteiger partial charge in [-0.1, -0.05) is 34.1 Å². The quantitative estimate of drug-likeness (QED) is 0.655. The van der Waals surface area contributed by atoms with E-state index in [1.807, 2.05) is 13.8 Å². The van der Waals surface area contributed by atoms with Gasteiger partial charge >= 0.3 is 0 Å². The molecule has 0 aromatic rings. The van der Waals surface area contributed by atoms with Crippen molar-refractivity contribution in [1.82, 2.24) is 0 Å². The van der Waals surface area contributed by atoms with E-state index in [2.05, 4.69) is 13.8 Å². The Labute approximate surface area is 88.3 Å². The highest BCUT2D eigenvalue weighted by Gasteiger charge is 2.33. The third kappa shape index (κ3) is 2.83. The summed E-state index contributed by atoms with van der Waals surface area (Å²) in [6.07, 6.45) is 5.01. The second kappa shape index (κ2) is 4.95. The number of ketones is 1. The summed E-state index contributed by atoms with van der Waals surface area (Å²) >= 11 is 0. The Morgan fingerprint density at radius 3 is 2.07 bits per heavy atom. The van der Waals surface area contributed by atoms with Crippen LogP contribution in [0.5, 0.6) is 0 Å². The van der Waals surface area contributed by atoms with Gasteiger partial charge in [-0.05, 0) is 31.1 Å². The first-order valence-corrected chi connectivity index (χ1v) is 6.06. The predicted molar refractivity (Wildman–Crippen MR) is 60.1 cm³/mol. The van der Waals surface area contributed by atoms with E-state index in [0.717, 1.165) is 6.42 Å². The lowest BCUT2D eigenvalue weighted by Crippen LogP contribution is -2.32. The first kappa shape index (κ1) is 11.7. The number of carbonyl (C=O) groups is 1. The van der Waals surface area contributed by atoms with Crippen molar-refractivity contribution in [3.63, 3.8) is 0 Å². The molecule has 1 rings (SSSR count). The molecule has 82 valence electrons. The molecule has 1 fully saturated rings. The van der Waals surface area contributed by atoms with Crippen LogP contribution in [0.2, 0.25) is 0 Å². The molecule has 0 aromatic carbocycles. The fraction of sp³-hybridized carbons (Fsp3) is 0.923. The summed E-state index contributed by atoms with van der Waals surface area (Å²) in [4.78, 5) is 12.0. The lowest BCUT2D eigenvalue weighted by molar-refractivity contribution is -0.129. The number of Topliss-reactive ketones (excluding diaryl/α,β-unsaturated/α-hetero) is 1. The van der Waals surface area contributed by atoms with Gasteiger partial charge in [0.15, 0.2) is 0 Å². The van der Waals surface area contributed by atoms with Crippen LogP contribution in [0.4, 0.5) is 0 Å². The molecule has 1 aliphatic rings. The van der Waals surface area contributed by atoms with Crippen LogP contribution < -0.4 is 0 Å². The Hall–Kier alpha value is -0.330. The molecule has 0 saturated heterocycles. The van der Waals surface area contributed by atoms with Crippen molar-refractivity contribution >= 4 is 5.78 Å². The number of carbonyl (C=O) groups excluding carboxylic acids is 1. The molecule has 0 unspecified atom stereocenters. The van der Waals surface area contributed by atoms with Gasteiger partial charge in [0.2, 0.25) is 0 Å². The third-order valence-electron chi connectivity index (χ3n) is 3.38. The van der Waals surface area contributed by atoms with Crippen molar-refractivity contribution < 1.29 is 4.79 Å². The van der Waals surface area contributed by atoms with Crippen LogP contribution in [-0.4, -0.2) is 5.78 Å². The molecule has 0 aliphatic heterocycles. The lowest BCUT2D eigenvalue weighted by Gasteiger charge is -2.34. The highest BCUT2D eigenvalue weighted by molar-refractivity contribution is 5.83. The van der Waals surface area contributed by atoms with E-state index in [-0.39, 0.29) is 5.92 Å². The molecule has 14 heavy (non-hydrogen) atoms. The molecular formula is C13H24O. The van der Waals surface area contributed by atoms with E-state index >= 15 is 0 Å². The molecule has 0 amide bonds. The van der Waals surface area contributed by atoms with Gasteiger partial charge in [-0.15, -0.1) is 0 Å². The van der Waals surface area contributed by atoms with Gasteiger partial charge in [0.1, 0.15) is 5.78 Å². The zero-order chi connectivity index (χ0) is 10.7. The molecule has 1 aliphatic carbocycles. The van der Waals surface area contributed by atoms with Crippen LogP contribution in [-0.2, 0) is 4.79 Å². The Bertz CT molecular complexity index is 189. The molecule has 1 saturated carbocycles. The minimum absolute atomic E-state index is 0.222. The Morgan fingerprint density at radius 2 is 1.79 bits per heavy atom. The molecule has 1 nitrogen and oxygen atoms in total. The maximum Gasteiger partial charge on any atom is 0.138 e. The van der Waals surface area contributed by atoms with E-state index in [1.165, 1.54) is 19.3 Å². The highest BCUT2D eigenvalue weighted by atomic mass is 16.1. The van der Waals surface area contributed by atoms with Gasteiger partial charge < -0.3 is 0 Å². The van der Waals surface area contributed by atoms with E-state index in [0.29, 0.717) is 23.5 Å². The number of rotatable bonds is 5. The molecule has 1 atom stereocenters. The second-order valence-corrected chi connectivity index (χ2v) is 5.48. The fourth-order valence-corrected chi connectivity index (χ4v) is 2.32. The van der Waals surface area contributed by atoms with Crippen molar-refractivity contribution in [3.8, 4) is 0 Å². The normalized spacial score (nSPS) is 19.9. The topological polar surface area (TPSA) is 17.1 Å². The minimum atomic E-state index is 0.222. The Balaban J connectivity index is 2.55. The second-order valence-electron chi connectivity index (χ2n) is 5.48. The van der Waals surface area contributed by atoms with E-state index < -0.39 is 0 Å². The van der Waals surface area contributed by atoms with Crippen LogP contribution in [0.25, 0.3) is 0 Å². The average Bonchev–Trinajstić information content (AvgIpc) is 1.97. The largest absolute Gasteiger partial charge is 0.299 e. The van der Waals surface area contributed by atoms with Crippen LogP contribution in [0.3, 0.4) is 0 Å². The Kier molecular flexibility index (Phi) is 4.15. The maximum atomic E-state index is 12.0. The highest BCUT2D eigenvalue weighted by Crippen LogP contribution is 2.38. The van der Waals surface area contributed by atoms with Crippen LogP contribution in [0, 0.1) is 23.7 Å². The first-order chi connectivity index (χ1) is 6.52. The summed E-state index contributed by atoms with van der Waals surface area (Å²) < 4.78 is 0. The summed E-state index contributed by atoms with van der Waals surface area (Å²) in [5, 5.41) is 0. The molecule has 1 heteroatoms. The van der Waals surface area contributed by atoms with Crippen molar-refractivity contribution in [2.24, 2.45) is 23.7 Å². The predicted octanol–water partition coefficient (Wildman–Crippen LogP) is 3.67. The van der Waals surface area contributed by atoms with E-state index in [1.54, 1.807) is 0 Å². The van der Waals surface area contributed by atoms with Gasteiger partial charge in [0, 0.05) is 11.8 Å². The van der Waals surface area contributed by atoms with Crippen molar-refractivity contribution in [2.45, 2.75) is 53.4 Å². The summed E-state index contributed by atoms with van der Waals surface area (Å²) in [7, 11) is 0.